The van der Waals surface area contributed by atoms with E-state index in [1.807, 2.05) is 6.07 Å². The van der Waals surface area contributed by atoms with Gasteiger partial charge in [0.15, 0.2) is 0 Å². The van der Waals surface area contributed by atoms with Gasteiger partial charge >= 0.3 is 0 Å². The Morgan fingerprint density at radius 2 is 2.00 bits per heavy atom. The third kappa shape index (κ3) is 6.25. The van der Waals surface area contributed by atoms with Crippen LogP contribution in [0.5, 0.6) is 0 Å². The smallest absolute Gasteiger partial charge is 0.0165 e. The maximum absolute atomic E-state index is 3.46. The normalized spacial score (nSPS) is 12.1. The van der Waals surface area contributed by atoms with Crippen molar-refractivity contribution >= 4 is 6.08 Å². The van der Waals surface area contributed by atoms with Gasteiger partial charge < -0.3 is 10.2 Å². The maximum Gasteiger partial charge on any atom is 0.0165 e. The number of hydrogen-bond acceptors (Lipinski definition) is 2. The van der Waals surface area contributed by atoms with Crippen molar-refractivity contribution in [2.75, 3.05) is 33.2 Å². The lowest BCUT2D eigenvalue weighted by Gasteiger charge is -2.14. The first kappa shape index (κ1) is 13.9. The highest BCUT2D eigenvalue weighted by Gasteiger charge is 1.94. The Bertz CT molecular complexity index is 330. The molecule has 0 fully saturated rings. The molecule has 0 aromatic heterocycles. The van der Waals surface area contributed by atoms with E-state index < -0.39 is 0 Å². The molecule has 17 heavy (non-hydrogen) atoms. The van der Waals surface area contributed by atoms with Crippen molar-refractivity contribution in [2.45, 2.75) is 13.8 Å². The molecule has 1 aromatic carbocycles. The van der Waals surface area contributed by atoms with E-state index in [1.165, 1.54) is 11.1 Å². The summed E-state index contributed by atoms with van der Waals surface area (Å²) in [5.74, 6) is 0. The number of likely N-dealkylation sites (N-methyl/N-ethyl adjacent to an activating group) is 1. The minimum Gasteiger partial charge on any atom is -0.312 e. The average Bonchev–Trinajstić information content (AvgIpc) is 2.35. The number of rotatable bonds is 7. The Balaban J connectivity index is 2.25. The first-order valence-electron chi connectivity index (χ1n) is 6.34. The van der Waals surface area contributed by atoms with Crippen LogP contribution in [0.15, 0.2) is 35.9 Å². The van der Waals surface area contributed by atoms with Gasteiger partial charge in [0.2, 0.25) is 0 Å². The van der Waals surface area contributed by atoms with Crippen molar-refractivity contribution < 1.29 is 0 Å². The van der Waals surface area contributed by atoms with Crippen LogP contribution in [0.3, 0.4) is 0 Å². The molecular weight excluding hydrogens is 208 g/mol. The van der Waals surface area contributed by atoms with Crippen molar-refractivity contribution in [1.29, 1.82) is 0 Å². The zero-order chi connectivity index (χ0) is 12.5. The summed E-state index contributed by atoms with van der Waals surface area (Å²) >= 11 is 0. The standard InChI is InChI=1S/C15H24N2/c1-4-17(3)11-10-16-13-14(2)12-15-8-6-5-7-9-15/h5-9,12,16H,4,10-11,13H2,1-3H3/b14-12+. The fourth-order valence-corrected chi connectivity index (χ4v) is 1.60. The monoisotopic (exact) mass is 232 g/mol. The van der Waals surface area contributed by atoms with Gasteiger partial charge in [-0.3, -0.25) is 0 Å². The maximum atomic E-state index is 3.46. The van der Waals surface area contributed by atoms with Crippen LogP contribution in [0.1, 0.15) is 19.4 Å². The number of nitrogens with one attached hydrogen (secondary N) is 1. The van der Waals surface area contributed by atoms with E-state index >= 15 is 0 Å². The third-order valence-corrected chi connectivity index (χ3v) is 2.83. The fourth-order valence-electron chi connectivity index (χ4n) is 1.60. The molecule has 0 aliphatic carbocycles. The zero-order valence-electron chi connectivity index (χ0n) is 11.2. The Hall–Kier alpha value is -1.12. The lowest BCUT2D eigenvalue weighted by molar-refractivity contribution is 0.351. The van der Waals surface area contributed by atoms with Gasteiger partial charge in [0, 0.05) is 19.6 Å². The van der Waals surface area contributed by atoms with Gasteiger partial charge in [-0.05, 0) is 26.1 Å². The minimum atomic E-state index is 0.965. The highest BCUT2D eigenvalue weighted by Crippen LogP contribution is 2.04. The lowest BCUT2D eigenvalue weighted by atomic mass is 10.1. The molecule has 1 N–H and O–H groups in total. The SMILES string of the molecule is CCN(C)CCNC/C(C)=C/c1ccccc1. The summed E-state index contributed by atoms with van der Waals surface area (Å²) in [6, 6.07) is 10.5. The van der Waals surface area contributed by atoms with Crippen LogP contribution in [0.4, 0.5) is 0 Å². The largest absolute Gasteiger partial charge is 0.312 e. The highest BCUT2D eigenvalue weighted by molar-refractivity contribution is 5.52. The fraction of sp³-hybridized carbons (Fsp3) is 0.467. The molecule has 0 aliphatic heterocycles. The van der Waals surface area contributed by atoms with E-state index in [0.717, 1.165) is 26.2 Å². The molecule has 2 heteroatoms. The molecule has 0 heterocycles. The van der Waals surface area contributed by atoms with E-state index in [1.54, 1.807) is 0 Å². The molecule has 0 bridgehead atoms. The first-order valence-corrected chi connectivity index (χ1v) is 6.34. The summed E-state index contributed by atoms with van der Waals surface area (Å²) in [5, 5.41) is 3.46. The van der Waals surface area contributed by atoms with Gasteiger partial charge in [-0.15, -0.1) is 0 Å². The van der Waals surface area contributed by atoms with Crippen LogP contribution in [-0.2, 0) is 0 Å². The molecule has 0 radical (unpaired) electrons. The van der Waals surface area contributed by atoms with Gasteiger partial charge in [0.05, 0.1) is 0 Å². The summed E-state index contributed by atoms with van der Waals surface area (Å²) in [6.45, 7) is 8.58. The lowest BCUT2D eigenvalue weighted by Crippen LogP contribution is -2.29. The molecule has 2 nitrogen and oxygen atoms in total. The van der Waals surface area contributed by atoms with Crippen LogP contribution in [0.2, 0.25) is 0 Å². The minimum absolute atomic E-state index is 0.965. The molecule has 0 amide bonds. The molecule has 0 aliphatic rings. The van der Waals surface area contributed by atoms with E-state index in [4.69, 9.17) is 0 Å². The molecule has 0 saturated carbocycles. The second-order valence-corrected chi connectivity index (χ2v) is 4.47. The van der Waals surface area contributed by atoms with Crippen LogP contribution < -0.4 is 5.32 Å². The number of hydrogen-bond donors (Lipinski definition) is 1. The van der Waals surface area contributed by atoms with E-state index in [0.29, 0.717) is 0 Å². The van der Waals surface area contributed by atoms with Crippen molar-refractivity contribution in [3.05, 3.63) is 41.5 Å². The van der Waals surface area contributed by atoms with E-state index in [2.05, 4.69) is 61.5 Å². The molecule has 1 rings (SSSR count). The Morgan fingerprint density at radius 1 is 1.29 bits per heavy atom. The molecule has 1 aromatic rings. The summed E-state index contributed by atoms with van der Waals surface area (Å²) in [4.78, 5) is 2.31. The van der Waals surface area contributed by atoms with E-state index in [-0.39, 0.29) is 0 Å². The van der Waals surface area contributed by atoms with Crippen molar-refractivity contribution in [3.63, 3.8) is 0 Å². The molecular formula is C15H24N2. The topological polar surface area (TPSA) is 15.3 Å². The van der Waals surface area contributed by atoms with Crippen molar-refractivity contribution in [1.82, 2.24) is 10.2 Å². The molecule has 0 atom stereocenters. The molecule has 0 unspecified atom stereocenters. The quantitative estimate of drug-likeness (QED) is 0.727. The van der Waals surface area contributed by atoms with Crippen LogP contribution in [0.25, 0.3) is 6.08 Å². The van der Waals surface area contributed by atoms with Crippen molar-refractivity contribution in [2.24, 2.45) is 0 Å². The molecule has 94 valence electrons. The summed E-state index contributed by atoms with van der Waals surface area (Å²) in [7, 11) is 2.15. The summed E-state index contributed by atoms with van der Waals surface area (Å²) in [6.07, 6.45) is 2.23. The van der Waals surface area contributed by atoms with E-state index in [9.17, 15) is 0 Å². The zero-order valence-corrected chi connectivity index (χ0v) is 11.2. The van der Waals surface area contributed by atoms with Gasteiger partial charge in [-0.1, -0.05) is 48.9 Å². The van der Waals surface area contributed by atoms with Crippen LogP contribution >= 0.6 is 0 Å². The van der Waals surface area contributed by atoms with Crippen LogP contribution in [-0.4, -0.2) is 38.1 Å². The third-order valence-electron chi connectivity index (χ3n) is 2.83. The first-order chi connectivity index (χ1) is 8.22. The second-order valence-electron chi connectivity index (χ2n) is 4.47. The second kappa shape index (κ2) is 8.04. The summed E-state index contributed by atoms with van der Waals surface area (Å²) < 4.78 is 0. The highest BCUT2D eigenvalue weighted by atomic mass is 15.1. The molecule has 0 spiro atoms. The molecule has 0 saturated heterocycles. The number of nitrogens with zero attached hydrogens (tertiary/aromatic N) is 1. The Kier molecular flexibility index (Phi) is 6.60. The summed E-state index contributed by atoms with van der Waals surface area (Å²) in [5.41, 5.74) is 2.65. The van der Waals surface area contributed by atoms with Gasteiger partial charge in [-0.2, -0.15) is 0 Å². The van der Waals surface area contributed by atoms with Gasteiger partial charge in [-0.25, -0.2) is 0 Å². The van der Waals surface area contributed by atoms with Gasteiger partial charge in [0.25, 0.3) is 0 Å². The Labute approximate surface area is 105 Å². The predicted molar refractivity (Wildman–Crippen MR) is 76.1 cm³/mol. The average molecular weight is 232 g/mol. The predicted octanol–water partition coefficient (Wildman–Crippen LogP) is 2.63. The van der Waals surface area contributed by atoms with Crippen LogP contribution in [0, 0.1) is 0 Å². The number of benzene rings is 1. The Morgan fingerprint density at radius 3 is 2.65 bits per heavy atom. The van der Waals surface area contributed by atoms with Crippen molar-refractivity contribution in [3.8, 4) is 0 Å². The van der Waals surface area contributed by atoms with Gasteiger partial charge in [0.1, 0.15) is 0 Å².